The number of hydrogen-bond donors (Lipinski definition) is 0. The molecule has 0 N–H and O–H groups in total. The van der Waals surface area contributed by atoms with Crippen LogP contribution in [0.25, 0.3) is 21.2 Å². The Morgan fingerprint density at radius 3 is 2.79 bits per heavy atom. The van der Waals surface area contributed by atoms with E-state index in [4.69, 9.17) is 9.15 Å². The maximum Gasteiger partial charge on any atom is 0.286 e. The van der Waals surface area contributed by atoms with Crippen LogP contribution in [-0.4, -0.2) is 17.6 Å². The summed E-state index contributed by atoms with van der Waals surface area (Å²) in [5.41, 5.74) is 1.98. The van der Waals surface area contributed by atoms with Gasteiger partial charge in [-0.25, -0.2) is 0 Å². The van der Waals surface area contributed by atoms with Gasteiger partial charge < -0.3 is 13.7 Å². The highest BCUT2D eigenvalue weighted by atomic mass is 32.1. The Bertz CT molecular complexity index is 1360. The molecule has 29 heavy (non-hydrogen) atoms. The lowest BCUT2D eigenvalue weighted by Crippen LogP contribution is -2.20. The molecular weight excluding hydrogens is 388 g/mol. The number of aryl methyl sites for hydroxylation is 2. The smallest absolute Gasteiger partial charge is 0.286 e. The summed E-state index contributed by atoms with van der Waals surface area (Å²) in [6, 6.07) is 10.7. The van der Waals surface area contributed by atoms with Gasteiger partial charge >= 0.3 is 0 Å². The molecule has 4 aromatic rings. The minimum Gasteiger partial charge on any atom is -0.495 e. The normalized spacial score (nSPS) is 12.0. The van der Waals surface area contributed by atoms with E-state index in [-0.39, 0.29) is 11.0 Å². The Hall–Kier alpha value is -3.19. The number of nitrogens with zero attached hydrogens (tertiary/aromatic N) is 2. The first-order chi connectivity index (χ1) is 14.0. The fraction of sp³-hybridized carbons (Fsp3) is 0.227. The molecule has 0 aliphatic carbocycles. The van der Waals surface area contributed by atoms with Gasteiger partial charge in [0.2, 0.25) is 5.43 Å². The third kappa shape index (κ3) is 3.27. The van der Waals surface area contributed by atoms with Crippen molar-refractivity contribution in [3.8, 4) is 5.75 Å². The van der Waals surface area contributed by atoms with Crippen LogP contribution < -0.4 is 15.0 Å². The molecule has 0 aliphatic rings. The minimum atomic E-state index is -0.613. The Kier molecular flexibility index (Phi) is 5.07. The van der Waals surface area contributed by atoms with Crippen molar-refractivity contribution in [2.45, 2.75) is 26.8 Å². The summed E-state index contributed by atoms with van der Waals surface area (Å²) in [6.45, 7) is 4.75. The standard InChI is InChI=1S/C22H20N2O4S/c1-4-11-24-18-17(27-3)10-9-13(2)20(18)29-22(24)23-21(26)15-12-28-16-8-6-5-7-14(16)19(15)25/h5-10,12H,4,11H2,1-3H3. The number of carbonyl (C=O) groups is 1. The second-order valence-corrected chi connectivity index (χ2v) is 7.67. The van der Waals surface area contributed by atoms with E-state index in [2.05, 4.69) is 11.9 Å². The third-order valence-corrected chi connectivity index (χ3v) is 5.97. The number of aromatic nitrogens is 1. The molecular formula is C22H20N2O4S. The molecule has 2 heterocycles. The number of para-hydroxylation sites is 1. The van der Waals surface area contributed by atoms with Crippen molar-refractivity contribution in [3.05, 3.63) is 68.8 Å². The van der Waals surface area contributed by atoms with Gasteiger partial charge in [0.15, 0.2) is 4.80 Å². The summed E-state index contributed by atoms with van der Waals surface area (Å²) in [7, 11) is 1.63. The lowest BCUT2D eigenvalue weighted by Gasteiger charge is -2.08. The van der Waals surface area contributed by atoms with Gasteiger partial charge in [-0.05, 0) is 37.1 Å². The van der Waals surface area contributed by atoms with Crippen molar-refractivity contribution in [1.82, 2.24) is 4.57 Å². The fourth-order valence-electron chi connectivity index (χ4n) is 3.33. The van der Waals surface area contributed by atoms with Crippen molar-refractivity contribution in [2.75, 3.05) is 7.11 Å². The quantitative estimate of drug-likeness (QED) is 0.505. The monoisotopic (exact) mass is 408 g/mol. The van der Waals surface area contributed by atoms with E-state index in [0.717, 1.165) is 28.0 Å². The highest BCUT2D eigenvalue weighted by molar-refractivity contribution is 7.16. The third-order valence-electron chi connectivity index (χ3n) is 4.76. The van der Waals surface area contributed by atoms with Crippen LogP contribution in [0.1, 0.15) is 29.3 Å². The van der Waals surface area contributed by atoms with E-state index in [0.29, 0.717) is 22.3 Å². The van der Waals surface area contributed by atoms with Gasteiger partial charge in [-0.2, -0.15) is 4.99 Å². The molecule has 0 unspecified atom stereocenters. The number of amides is 1. The second kappa shape index (κ2) is 7.67. The summed E-state index contributed by atoms with van der Waals surface area (Å²) in [4.78, 5) is 30.5. The Balaban J connectivity index is 1.94. The zero-order valence-corrected chi connectivity index (χ0v) is 17.2. The van der Waals surface area contributed by atoms with E-state index in [1.807, 2.05) is 23.6 Å². The number of carbonyl (C=O) groups excluding carboxylic acids is 1. The average Bonchev–Trinajstić information content (AvgIpc) is 3.08. The molecule has 148 valence electrons. The molecule has 0 saturated carbocycles. The Labute approximate surface area is 170 Å². The fourth-order valence-corrected chi connectivity index (χ4v) is 4.47. The highest BCUT2D eigenvalue weighted by Crippen LogP contribution is 2.30. The molecule has 0 spiro atoms. The number of ether oxygens (including phenoxy) is 1. The van der Waals surface area contributed by atoms with E-state index >= 15 is 0 Å². The number of thiazole rings is 1. The lowest BCUT2D eigenvalue weighted by atomic mass is 10.1. The van der Waals surface area contributed by atoms with Crippen LogP contribution in [0.15, 0.2) is 56.9 Å². The van der Waals surface area contributed by atoms with Crippen molar-refractivity contribution in [2.24, 2.45) is 4.99 Å². The van der Waals surface area contributed by atoms with Crippen LogP contribution in [0.4, 0.5) is 0 Å². The average molecular weight is 408 g/mol. The van der Waals surface area contributed by atoms with Crippen LogP contribution in [0.3, 0.4) is 0 Å². The number of rotatable bonds is 4. The molecule has 4 rings (SSSR count). The van der Waals surface area contributed by atoms with Crippen molar-refractivity contribution in [1.29, 1.82) is 0 Å². The molecule has 0 aliphatic heterocycles. The Morgan fingerprint density at radius 1 is 1.24 bits per heavy atom. The molecule has 1 amide bonds. The van der Waals surface area contributed by atoms with Gasteiger partial charge in [-0.3, -0.25) is 9.59 Å². The summed E-state index contributed by atoms with van der Waals surface area (Å²) >= 11 is 1.42. The predicted molar refractivity (Wildman–Crippen MR) is 114 cm³/mol. The molecule has 0 atom stereocenters. The largest absolute Gasteiger partial charge is 0.495 e. The molecule has 2 aromatic heterocycles. The number of fused-ring (bicyclic) bond motifs is 2. The van der Waals surface area contributed by atoms with Crippen LogP contribution in [-0.2, 0) is 6.54 Å². The van der Waals surface area contributed by atoms with Gasteiger partial charge in [-0.1, -0.05) is 36.5 Å². The van der Waals surface area contributed by atoms with E-state index in [1.54, 1.807) is 31.4 Å². The number of hydrogen-bond acceptors (Lipinski definition) is 5. The number of methoxy groups -OCH3 is 1. The first-order valence-electron chi connectivity index (χ1n) is 9.31. The van der Waals surface area contributed by atoms with Crippen LogP contribution in [0.2, 0.25) is 0 Å². The summed E-state index contributed by atoms with van der Waals surface area (Å²) < 4.78 is 14.0. The van der Waals surface area contributed by atoms with E-state index < -0.39 is 5.91 Å². The van der Waals surface area contributed by atoms with Crippen molar-refractivity contribution in [3.63, 3.8) is 0 Å². The Morgan fingerprint density at radius 2 is 2.03 bits per heavy atom. The summed E-state index contributed by atoms with van der Waals surface area (Å²) in [5, 5.41) is 0.365. The van der Waals surface area contributed by atoms with Gasteiger partial charge in [-0.15, -0.1) is 0 Å². The topological polar surface area (TPSA) is 73.8 Å². The molecule has 6 nitrogen and oxygen atoms in total. The maximum atomic E-state index is 12.9. The predicted octanol–water partition coefficient (Wildman–Crippen LogP) is 4.28. The van der Waals surface area contributed by atoms with Gasteiger partial charge in [0.05, 0.1) is 17.2 Å². The zero-order valence-electron chi connectivity index (χ0n) is 16.4. The zero-order chi connectivity index (χ0) is 20.5. The number of benzene rings is 2. The van der Waals surface area contributed by atoms with Crippen LogP contribution in [0.5, 0.6) is 5.75 Å². The van der Waals surface area contributed by atoms with Gasteiger partial charge in [0.1, 0.15) is 28.7 Å². The lowest BCUT2D eigenvalue weighted by molar-refractivity contribution is 0.0995. The van der Waals surface area contributed by atoms with Crippen LogP contribution >= 0.6 is 11.3 Å². The SMILES string of the molecule is CCCn1c(=NC(=O)c2coc3ccccc3c2=O)sc2c(C)ccc(OC)c21. The highest BCUT2D eigenvalue weighted by Gasteiger charge is 2.17. The summed E-state index contributed by atoms with van der Waals surface area (Å²) in [5.74, 6) is 0.118. The van der Waals surface area contributed by atoms with Gasteiger partial charge in [0.25, 0.3) is 5.91 Å². The molecule has 2 aromatic carbocycles. The second-order valence-electron chi connectivity index (χ2n) is 6.69. The van der Waals surface area contributed by atoms with Crippen molar-refractivity contribution < 1.29 is 13.9 Å². The van der Waals surface area contributed by atoms with E-state index in [9.17, 15) is 9.59 Å². The molecule has 0 fully saturated rings. The first kappa shape index (κ1) is 19.1. The minimum absolute atomic E-state index is 0.0760. The maximum absolute atomic E-state index is 12.9. The molecule has 0 saturated heterocycles. The summed E-state index contributed by atoms with van der Waals surface area (Å²) in [6.07, 6.45) is 2.06. The van der Waals surface area contributed by atoms with Crippen LogP contribution in [0, 0.1) is 6.92 Å². The molecule has 0 bridgehead atoms. The van der Waals surface area contributed by atoms with E-state index in [1.165, 1.54) is 17.6 Å². The van der Waals surface area contributed by atoms with Gasteiger partial charge in [0, 0.05) is 6.54 Å². The molecule has 7 heteroatoms. The van der Waals surface area contributed by atoms with Crippen molar-refractivity contribution >= 4 is 38.4 Å². The molecule has 0 radical (unpaired) electrons. The first-order valence-corrected chi connectivity index (χ1v) is 10.1.